The van der Waals surface area contributed by atoms with Crippen LogP contribution in [0.2, 0.25) is 0 Å². The standard InChI is InChI=1S/C32H46BNO6/c1-8-30(6)16-25(31(7)19(2)11-13-32(20(3)28(30)37)14-12-24(35)27(31)32)39-26(36)18-34-17-21-9-10-22-23(15-21)33(38)40-29(22,4)5/h8-10,15,19-20,25,27-28,34,37-38H,1,11-14,16-18H2,2-7H3/t19-,20-,25+,27-,28-,30+,31-,32-/m0/s1. The Kier molecular flexibility index (Phi) is 7.43. The van der Waals surface area contributed by atoms with Crippen LogP contribution < -0.4 is 10.8 Å². The number of esters is 1. The van der Waals surface area contributed by atoms with Crippen molar-refractivity contribution in [3.05, 3.63) is 42.0 Å². The molecule has 0 spiro atoms. The van der Waals surface area contributed by atoms with Crippen LogP contribution in [0, 0.1) is 34.0 Å². The number of aliphatic hydroxyl groups excluding tert-OH is 1. The number of carbonyl (C=O) groups is 2. The van der Waals surface area contributed by atoms with Crippen molar-refractivity contribution < 1.29 is 29.1 Å². The second-order valence-corrected chi connectivity index (χ2v) is 14.1. The summed E-state index contributed by atoms with van der Waals surface area (Å²) in [6.45, 7) is 16.8. The maximum Gasteiger partial charge on any atom is 0.492 e. The number of benzene rings is 1. The molecule has 0 saturated heterocycles. The van der Waals surface area contributed by atoms with Crippen molar-refractivity contribution in [2.75, 3.05) is 6.54 Å². The highest BCUT2D eigenvalue weighted by Crippen LogP contribution is 2.68. The summed E-state index contributed by atoms with van der Waals surface area (Å²) in [5, 5.41) is 25.2. The van der Waals surface area contributed by atoms with Crippen LogP contribution in [0.1, 0.15) is 84.8 Å². The third kappa shape index (κ3) is 4.41. The molecule has 3 fully saturated rings. The first kappa shape index (κ1) is 29.5. The third-order valence-electron chi connectivity index (χ3n) is 11.6. The lowest BCUT2D eigenvalue weighted by atomic mass is 9.44. The summed E-state index contributed by atoms with van der Waals surface area (Å²) in [5.74, 6) is -0.225. The topological polar surface area (TPSA) is 105 Å². The fourth-order valence-electron chi connectivity index (χ4n) is 8.89. The van der Waals surface area contributed by atoms with Gasteiger partial charge in [0.2, 0.25) is 0 Å². The molecule has 0 radical (unpaired) electrons. The first-order valence-electron chi connectivity index (χ1n) is 14.9. The summed E-state index contributed by atoms with van der Waals surface area (Å²) in [4.78, 5) is 26.9. The average molecular weight is 552 g/mol. The highest BCUT2D eigenvalue weighted by molar-refractivity contribution is 6.62. The summed E-state index contributed by atoms with van der Waals surface area (Å²) in [7, 11) is -0.963. The number of carbonyl (C=O) groups excluding carboxylic acids is 2. The lowest BCUT2D eigenvalue weighted by Crippen LogP contribution is -2.63. The van der Waals surface area contributed by atoms with E-state index in [1.807, 2.05) is 45.0 Å². The summed E-state index contributed by atoms with van der Waals surface area (Å²) < 4.78 is 12.0. The zero-order chi connectivity index (χ0) is 29.3. The molecule has 1 heterocycles. The summed E-state index contributed by atoms with van der Waals surface area (Å²) >= 11 is 0. The molecular formula is C32H46BNO6. The average Bonchev–Trinajstić information content (AvgIpc) is 3.37. The first-order valence-corrected chi connectivity index (χ1v) is 14.9. The van der Waals surface area contributed by atoms with E-state index in [2.05, 4.69) is 32.7 Å². The van der Waals surface area contributed by atoms with Gasteiger partial charge in [0.25, 0.3) is 0 Å². The van der Waals surface area contributed by atoms with Crippen molar-refractivity contribution >= 4 is 24.3 Å². The van der Waals surface area contributed by atoms with Gasteiger partial charge in [0.15, 0.2) is 0 Å². The highest BCUT2D eigenvalue weighted by atomic mass is 16.5. The molecule has 1 aromatic carbocycles. The van der Waals surface area contributed by atoms with E-state index in [0.717, 1.165) is 35.9 Å². The number of ketones is 1. The van der Waals surface area contributed by atoms with Crippen LogP contribution in [0.15, 0.2) is 30.9 Å². The fourth-order valence-corrected chi connectivity index (χ4v) is 8.89. The van der Waals surface area contributed by atoms with E-state index < -0.39 is 35.8 Å². The molecule has 1 aliphatic heterocycles. The van der Waals surface area contributed by atoms with E-state index in [-0.39, 0.29) is 41.5 Å². The smallest absolute Gasteiger partial charge is 0.461 e. The number of aliphatic hydroxyl groups is 1. The lowest BCUT2D eigenvalue weighted by Gasteiger charge is -2.61. The van der Waals surface area contributed by atoms with Gasteiger partial charge in [-0.25, -0.2) is 0 Å². The van der Waals surface area contributed by atoms with Crippen molar-refractivity contribution in [1.82, 2.24) is 5.32 Å². The monoisotopic (exact) mass is 551 g/mol. The Morgan fingerprint density at radius 3 is 2.67 bits per heavy atom. The van der Waals surface area contributed by atoms with Crippen molar-refractivity contribution in [2.24, 2.45) is 34.0 Å². The molecule has 40 heavy (non-hydrogen) atoms. The molecule has 7 nitrogen and oxygen atoms in total. The van der Waals surface area contributed by atoms with E-state index in [1.165, 1.54) is 0 Å². The second-order valence-electron chi connectivity index (χ2n) is 14.1. The van der Waals surface area contributed by atoms with Crippen LogP contribution >= 0.6 is 0 Å². The number of ether oxygens (including phenoxy) is 1. The van der Waals surface area contributed by atoms with Crippen LogP contribution in [0.5, 0.6) is 0 Å². The van der Waals surface area contributed by atoms with E-state index in [9.17, 15) is 19.7 Å². The number of fused-ring (bicyclic) bond motifs is 1. The van der Waals surface area contributed by atoms with Crippen LogP contribution in [0.3, 0.4) is 0 Å². The van der Waals surface area contributed by atoms with Gasteiger partial charge in [-0.3, -0.25) is 9.59 Å². The van der Waals surface area contributed by atoms with Gasteiger partial charge >= 0.3 is 13.1 Å². The number of hydrogen-bond donors (Lipinski definition) is 3. The zero-order valence-electron chi connectivity index (χ0n) is 25.0. The molecule has 0 unspecified atom stereocenters. The molecule has 3 saturated carbocycles. The van der Waals surface area contributed by atoms with Gasteiger partial charge in [0.05, 0.1) is 18.2 Å². The largest absolute Gasteiger partial charge is 0.492 e. The molecule has 1 aromatic rings. The summed E-state index contributed by atoms with van der Waals surface area (Å²) in [6, 6.07) is 5.85. The number of Topliss-reactive ketones (excluding diaryl/α,β-unsaturated/α-hetero) is 1. The third-order valence-corrected chi connectivity index (χ3v) is 11.6. The molecule has 3 N–H and O–H groups in total. The van der Waals surface area contributed by atoms with E-state index in [0.29, 0.717) is 19.4 Å². The van der Waals surface area contributed by atoms with Gasteiger partial charge in [-0.2, -0.15) is 0 Å². The Morgan fingerprint density at radius 1 is 1.25 bits per heavy atom. The van der Waals surface area contributed by atoms with Crippen molar-refractivity contribution in [2.45, 2.75) is 98.0 Å². The highest BCUT2D eigenvalue weighted by Gasteiger charge is 2.68. The van der Waals surface area contributed by atoms with Gasteiger partial charge in [0, 0.05) is 29.7 Å². The minimum atomic E-state index is -0.963. The number of nitrogens with one attached hydrogen (secondary N) is 1. The molecule has 4 aliphatic rings. The molecule has 5 rings (SSSR count). The predicted molar refractivity (Wildman–Crippen MR) is 155 cm³/mol. The van der Waals surface area contributed by atoms with Gasteiger partial charge in [-0.05, 0) is 73.4 Å². The van der Waals surface area contributed by atoms with Gasteiger partial charge in [-0.15, -0.1) is 6.58 Å². The number of hydrogen-bond acceptors (Lipinski definition) is 7. The molecular weight excluding hydrogens is 505 g/mol. The summed E-state index contributed by atoms with van der Waals surface area (Å²) in [5.41, 5.74) is 0.635. The van der Waals surface area contributed by atoms with Gasteiger partial charge in [0.1, 0.15) is 11.9 Å². The van der Waals surface area contributed by atoms with Crippen molar-refractivity contribution in [3.8, 4) is 0 Å². The van der Waals surface area contributed by atoms with Crippen molar-refractivity contribution in [3.63, 3.8) is 0 Å². The molecule has 2 bridgehead atoms. The maximum atomic E-state index is 13.5. The van der Waals surface area contributed by atoms with Crippen molar-refractivity contribution in [1.29, 1.82) is 0 Å². The molecule has 218 valence electrons. The van der Waals surface area contributed by atoms with E-state index >= 15 is 0 Å². The Labute approximate surface area is 239 Å². The minimum absolute atomic E-state index is 0.0100. The molecule has 0 aromatic heterocycles. The second kappa shape index (κ2) is 10.1. The quantitative estimate of drug-likeness (QED) is 0.282. The Bertz CT molecular complexity index is 1200. The van der Waals surface area contributed by atoms with Crippen LogP contribution in [0.4, 0.5) is 0 Å². The van der Waals surface area contributed by atoms with E-state index in [1.54, 1.807) is 0 Å². The zero-order valence-corrected chi connectivity index (χ0v) is 25.0. The Balaban J connectivity index is 1.35. The molecule has 0 amide bonds. The minimum Gasteiger partial charge on any atom is -0.461 e. The summed E-state index contributed by atoms with van der Waals surface area (Å²) in [6.07, 6.45) is 4.19. The normalized spacial score (nSPS) is 40.1. The van der Waals surface area contributed by atoms with Crippen LogP contribution in [-0.4, -0.2) is 47.8 Å². The van der Waals surface area contributed by atoms with Gasteiger partial charge < -0.3 is 24.8 Å². The predicted octanol–water partition coefficient (Wildman–Crippen LogP) is 3.64. The van der Waals surface area contributed by atoms with Gasteiger partial charge in [-0.1, -0.05) is 52.0 Å². The molecule has 8 atom stereocenters. The Hall–Kier alpha value is -2.00. The lowest BCUT2D eigenvalue weighted by molar-refractivity contribution is -0.206. The SMILES string of the molecule is C=C[C@]1(C)C[C@@H](OC(=O)CNCc2ccc3c(c2)B(O)OC3(C)C)[C@@]2(C)[C@@H]3C(=O)CC[C@@]3(CC[C@@H]2C)[C@@H](C)[C@@H]1O. The molecule has 3 aliphatic carbocycles. The first-order chi connectivity index (χ1) is 18.7. The van der Waals surface area contributed by atoms with E-state index in [4.69, 9.17) is 9.39 Å². The molecule has 8 heteroatoms. The van der Waals surface area contributed by atoms with Crippen LogP contribution in [-0.2, 0) is 31.1 Å². The Morgan fingerprint density at radius 2 is 1.98 bits per heavy atom. The maximum absolute atomic E-state index is 13.5. The fraction of sp³-hybridized carbons (Fsp3) is 0.688. The van der Waals surface area contributed by atoms with Crippen LogP contribution in [0.25, 0.3) is 0 Å². The number of rotatable bonds is 6.